The topological polar surface area (TPSA) is 83.6 Å². The van der Waals surface area contributed by atoms with Crippen LogP contribution in [0, 0.1) is 0 Å². The van der Waals surface area contributed by atoms with Gasteiger partial charge in [0, 0.05) is 18.7 Å². The molecule has 1 rings (SSSR count). The van der Waals surface area contributed by atoms with Crippen molar-refractivity contribution in [1.29, 1.82) is 0 Å². The molecule has 0 atom stereocenters. The van der Waals surface area contributed by atoms with Crippen LogP contribution in [0.4, 0.5) is 0 Å². The molecule has 0 aliphatic heterocycles. The van der Waals surface area contributed by atoms with E-state index in [4.69, 9.17) is 10.8 Å². The first-order chi connectivity index (χ1) is 8.54. The van der Waals surface area contributed by atoms with Crippen LogP contribution in [0.2, 0.25) is 0 Å². The number of nitrogens with two attached hydrogens (primary N) is 1. The lowest BCUT2D eigenvalue weighted by molar-refractivity contribution is -0.137. The van der Waals surface area contributed by atoms with Gasteiger partial charge in [0.15, 0.2) is 0 Å². The number of hydrogen-bond acceptors (Lipinski definition) is 3. The standard InChI is InChI=1S/C13H18N2O3/c1-2-15(8-7-12(16)17)9-10-5-3-4-6-11(10)13(14)18/h3-6H,2,7-9H2,1H3,(H2,14,18)(H,16,17). The van der Waals surface area contributed by atoms with E-state index in [0.29, 0.717) is 18.7 Å². The van der Waals surface area contributed by atoms with Gasteiger partial charge in [-0.15, -0.1) is 0 Å². The number of carbonyl (C=O) groups is 2. The Balaban J connectivity index is 2.75. The third-order valence-corrected chi connectivity index (χ3v) is 2.77. The van der Waals surface area contributed by atoms with Crippen molar-refractivity contribution in [3.8, 4) is 0 Å². The first-order valence-electron chi connectivity index (χ1n) is 5.86. The smallest absolute Gasteiger partial charge is 0.304 e. The van der Waals surface area contributed by atoms with Crippen LogP contribution < -0.4 is 5.73 Å². The molecule has 1 aromatic rings. The third-order valence-electron chi connectivity index (χ3n) is 2.77. The van der Waals surface area contributed by atoms with Crippen LogP contribution in [-0.4, -0.2) is 35.0 Å². The van der Waals surface area contributed by atoms with Crippen molar-refractivity contribution in [3.63, 3.8) is 0 Å². The third kappa shape index (κ3) is 4.18. The average molecular weight is 250 g/mol. The van der Waals surface area contributed by atoms with E-state index in [-0.39, 0.29) is 6.42 Å². The minimum Gasteiger partial charge on any atom is -0.481 e. The Bertz CT molecular complexity index is 432. The largest absolute Gasteiger partial charge is 0.481 e. The molecule has 0 unspecified atom stereocenters. The summed E-state index contributed by atoms with van der Waals surface area (Å²) in [6, 6.07) is 7.12. The molecule has 1 amide bonds. The summed E-state index contributed by atoms with van der Waals surface area (Å²) < 4.78 is 0. The number of carbonyl (C=O) groups excluding carboxylic acids is 1. The van der Waals surface area contributed by atoms with Crippen molar-refractivity contribution in [2.24, 2.45) is 5.73 Å². The lowest BCUT2D eigenvalue weighted by atomic mass is 10.1. The summed E-state index contributed by atoms with van der Waals surface area (Å²) >= 11 is 0. The van der Waals surface area contributed by atoms with Crippen LogP contribution in [0.1, 0.15) is 29.3 Å². The van der Waals surface area contributed by atoms with Crippen LogP contribution in [0.15, 0.2) is 24.3 Å². The predicted molar refractivity (Wildman–Crippen MR) is 68.2 cm³/mol. The predicted octanol–water partition coefficient (Wildman–Crippen LogP) is 1.08. The average Bonchev–Trinajstić information content (AvgIpc) is 2.34. The second kappa shape index (κ2) is 6.76. The molecule has 18 heavy (non-hydrogen) atoms. The molecule has 0 fully saturated rings. The minimum atomic E-state index is -0.823. The maximum Gasteiger partial charge on any atom is 0.304 e. The molecular formula is C13H18N2O3. The molecule has 0 bridgehead atoms. The van der Waals surface area contributed by atoms with E-state index < -0.39 is 11.9 Å². The summed E-state index contributed by atoms with van der Waals surface area (Å²) in [7, 11) is 0. The van der Waals surface area contributed by atoms with Crippen molar-refractivity contribution in [2.75, 3.05) is 13.1 Å². The SMILES string of the molecule is CCN(CCC(=O)O)Cc1ccccc1C(N)=O. The molecule has 0 aromatic heterocycles. The van der Waals surface area contributed by atoms with E-state index in [1.165, 1.54) is 0 Å². The molecule has 0 saturated heterocycles. The normalized spacial score (nSPS) is 10.6. The zero-order valence-corrected chi connectivity index (χ0v) is 10.4. The fourth-order valence-corrected chi connectivity index (χ4v) is 1.74. The molecule has 0 aliphatic carbocycles. The van der Waals surface area contributed by atoms with Crippen molar-refractivity contribution < 1.29 is 14.7 Å². The fourth-order valence-electron chi connectivity index (χ4n) is 1.74. The lowest BCUT2D eigenvalue weighted by Crippen LogP contribution is -2.27. The minimum absolute atomic E-state index is 0.0899. The van der Waals surface area contributed by atoms with Crippen LogP contribution in [0.3, 0.4) is 0 Å². The van der Waals surface area contributed by atoms with Crippen molar-refractivity contribution in [3.05, 3.63) is 35.4 Å². The Morgan fingerprint density at radius 2 is 2.00 bits per heavy atom. The van der Waals surface area contributed by atoms with E-state index >= 15 is 0 Å². The van der Waals surface area contributed by atoms with E-state index in [1.54, 1.807) is 12.1 Å². The molecule has 0 heterocycles. The van der Waals surface area contributed by atoms with Crippen LogP contribution >= 0.6 is 0 Å². The summed E-state index contributed by atoms with van der Waals surface area (Å²) in [5.41, 5.74) is 6.63. The highest BCUT2D eigenvalue weighted by molar-refractivity contribution is 5.94. The summed E-state index contributed by atoms with van der Waals surface area (Å²) in [4.78, 5) is 23.8. The quantitative estimate of drug-likeness (QED) is 0.758. The number of carboxylic acid groups (broad SMARTS) is 1. The van der Waals surface area contributed by atoms with E-state index in [0.717, 1.165) is 12.1 Å². The molecule has 0 radical (unpaired) electrons. The van der Waals surface area contributed by atoms with Crippen molar-refractivity contribution in [2.45, 2.75) is 19.9 Å². The maximum absolute atomic E-state index is 11.3. The van der Waals surface area contributed by atoms with Crippen LogP contribution in [0.5, 0.6) is 0 Å². The highest BCUT2D eigenvalue weighted by atomic mass is 16.4. The molecule has 1 aromatic carbocycles. The van der Waals surface area contributed by atoms with Gasteiger partial charge in [-0.1, -0.05) is 25.1 Å². The summed E-state index contributed by atoms with van der Waals surface area (Å²) in [5.74, 6) is -1.28. The molecule has 0 aliphatic rings. The number of rotatable bonds is 7. The van der Waals surface area contributed by atoms with Crippen LogP contribution in [0.25, 0.3) is 0 Å². The number of amides is 1. The van der Waals surface area contributed by atoms with E-state index in [1.807, 2.05) is 24.0 Å². The van der Waals surface area contributed by atoms with Gasteiger partial charge in [0.2, 0.25) is 5.91 Å². The summed E-state index contributed by atoms with van der Waals surface area (Å²) in [6.45, 7) is 3.66. The molecule has 5 nitrogen and oxygen atoms in total. The monoisotopic (exact) mass is 250 g/mol. The Labute approximate surface area is 106 Å². The van der Waals surface area contributed by atoms with Crippen LogP contribution in [-0.2, 0) is 11.3 Å². The van der Waals surface area contributed by atoms with E-state index in [9.17, 15) is 9.59 Å². The maximum atomic E-state index is 11.3. The van der Waals surface area contributed by atoms with Gasteiger partial charge in [-0.3, -0.25) is 14.5 Å². The van der Waals surface area contributed by atoms with Gasteiger partial charge in [-0.05, 0) is 18.2 Å². The Morgan fingerprint density at radius 1 is 1.33 bits per heavy atom. The first-order valence-corrected chi connectivity index (χ1v) is 5.86. The van der Waals surface area contributed by atoms with Crippen molar-refractivity contribution in [1.82, 2.24) is 4.90 Å². The highest BCUT2D eigenvalue weighted by Crippen LogP contribution is 2.11. The molecule has 0 saturated carbocycles. The number of nitrogens with zero attached hydrogens (tertiary/aromatic N) is 1. The second-order valence-electron chi connectivity index (χ2n) is 4.03. The van der Waals surface area contributed by atoms with Gasteiger partial charge in [0.25, 0.3) is 0 Å². The Hall–Kier alpha value is -1.88. The number of primary amides is 1. The van der Waals surface area contributed by atoms with Gasteiger partial charge < -0.3 is 10.8 Å². The van der Waals surface area contributed by atoms with E-state index in [2.05, 4.69) is 0 Å². The van der Waals surface area contributed by atoms with Gasteiger partial charge in [0.05, 0.1) is 6.42 Å². The zero-order chi connectivity index (χ0) is 13.5. The highest BCUT2D eigenvalue weighted by Gasteiger charge is 2.11. The zero-order valence-electron chi connectivity index (χ0n) is 10.4. The molecular weight excluding hydrogens is 232 g/mol. The second-order valence-corrected chi connectivity index (χ2v) is 4.03. The summed E-state index contributed by atoms with van der Waals surface area (Å²) in [6.07, 6.45) is 0.0899. The fraction of sp³-hybridized carbons (Fsp3) is 0.385. The molecule has 3 N–H and O–H groups in total. The van der Waals surface area contributed by atoms with Gasteiger partial charge >= 0.3 is 5.97 Å². The van der Waals surface area contributed by atoms with Gasteiger partial charge in [-0.25, -0.2) is 0 Å². The number of benzene rings is 1. The number of carboxylic acids is 1. The molecule has 98 valence electrons. The Kier molecular flexibility index (Phi) is 5.32. The Morgan fingerprint density at radius 3 is 2.56 bits per heavy atom. The molecule has 0 spiro atoms. The van der Waals surface area contributed by atoms with Gasteiger partial charge in [-0.2, -0.15) is 0 Å². The van der Waals surface area contributed by atoms with Gasteiger partial charge in [0.1, 0.15) is 0 Å². The number of hydrogen-bond donors (Lipinski definition) is 2. The first kappa shape index (κ1) is 14.2. The lowest BCUT2D eigenvalue weighted by Gasteiger charge is -2.20. The summed E-state index contributed by atoms with van der Waals surface area (Å²) in [5, 5.41) is 8.67. The molecule has 5 heteroatoms. The number of aliphatic carboxylic acids is 1. The van der Waals surface area contributed by atoms with Crippen molar-refractivity contribution >= 4 is 11.9 Å².